The molecule has 3 heteroatoms. The number of aromatic nitrogens is 1. The molecule has 1 aromatic heterocycles. The van der Waals surface area contributed by atoms with E-state index in [4.69, 9.17) is 5.73 Å². The lowest BCUT2D eigenvalue weighted by Crippen LogP contribution is -2.24. The average Bonchev–Trinajstić information content (AvgIpc) is 2.05. The maximum atomic E-state index is 9.44. The molecule has 0 aromatic carbocycles. The van der Waals surface area contributed by atoms with Gasteiger partial charge >= 0.3 is 0 Å². The smallest absolute Gasteiger partial charge is 0.0939 e. The van der Waals surface area contributed by atoms with Crippen LogP contribution in [0.5, 0.6) is 0 Å². The molecule has 0 radical (unpaired) electrons. The first-order valence-electron chi connectivity index (χ1n) is 3.55. The van der Waals surface area contributed by atoms with Gasteiger partial charge in [0.1, 0.15) is 0 Å². The highest BCUT2D eigenvalue weighted by Gasteiger charge is 2.10. The highest BCUT2D eigenvalue weighted by molar-refractivity contribution is 5.14. The molecule has 0 aliphatic carbocycles. The van der Waals surface area contributed by atoms with Crippen molar-refractivity contribution in [2.75, 3.05) is 0 Å². The van der Waals surface area contributed by atoms with Gasteiger partial charge in [-0.3, -0.25) is 4.98 Å². The van der Waals surface area contributed by atoms with E-state index < -0.39 is 6.10 Å². The van der Waals surface area contributed by atoms with Crippen molar-refractivity contribution < 1.29 is 5.11 Å². The van der Waals surface area contributed by atoms with Crippen LogP contribution in [0.1, 0.15) is 18.6 Å². The Morgan fingerprint density at radius 1 is 1.45 bits per heavy atom. The molecule has 1 rings (SSSR count). The fraction of sp³-hybridized carbons (Fsp3) is 0.375. The number of hydrogen-bond donors (Lipinski definition) is 2. The van der Waals surface area contributed by atoms with Crippen LogP contribution < -0.4 is 5.73 Å². The molecule has 60 valence electrons. The largest absolute Gasteiger partial charge is 0.387 e. The zero-order valence-electron chi connectivity index (χ0n) is 6.44. The monoisotopic (exact) mass is 152 g/mol. The molecule has 0 fully saturated rings. The number of nitrogens with two attached hydrogens (primary N) is 1. The van der Waals surface area contributed by atoms with Gasteiger partial charge in [0.25, 0.3) is 0 Å². The third kappa shape index (κ3) is 2.00. The van der Waals surface area contributed by atoms with E-state index in [2.05, 4.69) is 4.98 Å². The van der Waals surface area contributed by atoms with Gasteiger partial charge in [0.05, 0.1) is 6.10 Å². The molecule has 1 heterocycles. The summed E-state index contributed by atoms with van der Waals surface area (Å²) in [5, 5.41) is 9.44. The Morgan fingerprint density at radius 2 is 2.00 bits per heavy atom. The second-order valence-corrected chi connectivity index (χ2v) is 2.58. The molecule has 0 saturated heterocycles. The van der Waals surface area contributed by atoms with Gasteiger partial charge in [0.2, 0.25) is 0 Å². The summed E-state index contributed by atoms with van der Waals surface area (Å²) in [7, 11) is 0. The Balaban J connectivity index is 2.77. The van der Waals surface area contributed by atoms with Crippen molar-refractivity contribution in [1.29, 1.82) is 0 Å². The van der Waals surface area contributed by atoms with Gasteiger partial charge in [0, 0.05) is 18.4 Å². The van der Waals surface area contributed by atoms with E-state index in [-0.39, 0.29) is 6.04 Å². The van der Waals surface area contributed by atoms with Crippen molar-refractivity contribution in [3.05, 3.63) is 30.1 Å². The highest BCUT2D eigenvalue weighted by Crippen LogP contribution is 2.12. The Morgan fingerprint density at radius 3 is 2.45 bits per heavy atom. The molecule has 0 aliphatic rings. The Kier molecular flexibility index (Phi) is 2.57. The Hall–Kier alpha value is -0.930. The first kappa shape index (κ1) is 8.17. The normalized spacial score (nSPS) is 15.9. The van der Waals surface area contributed by atoms with E-state index in [0.29, 0.717) is 0 Å². The zero-order chi connectivity index (χ0) is 8.27. The fourth-order valence-electron chi connectivity index (χ4n) is 0.864. The lowest BCUT2D eigenvalue weighted by Gasteiger charge is -2.13. The maximum Gasteiger partial charge on any atom is 0.0939 e. The van der Waals surface area contributed by atoms with Gasteiger partial charge in [-0.1, -0.05) is 0 Å². The number of aliphatic hydroxyl groups excluding tert-OH is 1. The van der Waals surface area contributed by atoms with E-state index >= 15 is 0 Å². The first-order chi connectivity index (χ1) is 5.22. The van der Waals surface area contributed by atoms with Crippen LogP contribution >= 0.6 is 0 Å². The molecule has 0 saturated carbocycles. The topological polar surface area (TPSA) is 59.1 Å². The van der Waals surface area contributed by atoms with Crippen molar-refractivity contribution in [2.45, 2.75) is 19.1 Å². The molecule has 2 atom stereocenters. The van der Waals surface area contributed by atoms with Gasteiger partial charge in [-0.25, -0.2) is 0 Å². The van der Waals surface area contributed by atoms with Crippen molar-refractivity contribution in [2.24, 2.45) is 5.73 Å². The molecular weight excluding hydrogens is 140 g/mol. The second kappa shape index (κ2) is 3.46. The third-order valence-electron chi connectivity index (χ3n) is 1.55. The molecule has 0 unspecified atom stereocenters. The van der Waals surface area contributed by atoms with Gasteiger partial charge in [0.15, 0.2) is 0 Å². The number of rotatable bonds is 2. The molecule has 0 spiro atoms. The van der Waals surface area contributed by atoms with Crippen molar-refractivity contribution >= 4 is 0 Å². The molecule has 0 amide bonds. The highest BCUT2D eigenvalue weighted by atomic mass is 16.3. The minimum Gasteiger partial charge on any atom is -0.387 e. The minimum atomic E-state index is -0.585. The lowest BCUT2D eigenvalue weighted by atomic mass is 10.1. The van der Waals surface area contributed by atoms with Crippen LogP contribution in [-0.4, -0.2) is 16.1 Å². The Bertz CT molecular complexity index is 211. The zero-order valence-corrected chi connectivity index (χ0v) is 6.44. The lowest BCUT2D eigenvalue weighted by molar-refractivity contribution is 0.153. The van der Waals surface area contributed by atoms with Gasteiger partial charge in [-0.2, -0.15) is 0 Å². The maximum absolute atomic E-state index is 9.44. The van der Waals surface area contributed by atoms with Crippen LogP contribution in [0.3, 0.4) is 0 Å². The summed E-state index contributed by atoms with van der Waals surface area (Å²) < 4.78 is 0. The third-order valence-corrected chi connectivity index (χ3v) is 1.55. The minimum absolute atomic E-state index is 0.239. The van der Waals surface area contributed by atoms with E-state index in [0.717, 1.165) is 5.56 Å². The van der Waals surface area contributed by atoms with E-state index in [1.807, 2.05) is 0 Å². The van der Waals surface area contributed by atoms with Crippen LogP contribution in [0, 0.1) is 0 Å². The average molecular weight is 152 g/mol. The number of aliphatic hydroxyl groups is 1. The summed E-state index contributed by atoms with van der Waals surface area (Å²) >= 11 is 0. The predicted molar refractivity (Wildman–Crippen MR) is 42.8 cm³/mol. The van der Waals surface area contributed by atoms with Crippen molar-refractivity contribution in [3.63, 3.8) is 0 Å². The predicted octanol–water partition coefficient (Wildman–Crippen LogP) is 0.462. The van der Waals surface area contributed by atoms with Crippen molar-refractivity contribution in [1.82, 2.24) is 4.98 Å². The molecule has 11 heavy (non-hydrogen) atoms. The van der Waals surface area contributed by atoms with E-state index in [9.17, 15) is 5.11 Å². The SMILES string of the molecule is C[C@H](N)[C@H](O)c1ccncc1. The standard InChI is InChI=1S/C8H12N2O/c1-6(9)8(11)7-2-4-10-5-3-7/h2-6,8,11H,9H2,1H3/t6-,8-/m0/s1. The van der Waals surface area contributed by atoms with Crippen molar-refractivity contribution in [3.8, 4) is 0 Å². The van der Waals surface area contributed by atoms with Crippen LogP contribution in [0.2, 0.25) is 0 Å². The number of pyridine rings is 1. The first-order valence-corrected chi connectivity index (χ1v) is 3.55. The number of nitrogens with zero attached hydrogens (tertiary/aromatic N) is 1. The molecule has 0 aliphatic heterocycles. The van der Waals surface area contributed by atoms with Crippen LogP contribution in [0.25, 0.3) is 0 Å². The quantitative estimate of drug-likeness (QED) is 0.647. The number of hydrogen-bond acceptors (Lipinski definition) is 3. The van der Waals surface area contributed by atoms with Crippen LogP contribution in [0.15, 0.2) is 24.5 Å². The summed E-state index contributed by atoms with van der Waals surface area (Å²) in [5.41, 5.74) is 6.31. The van der Waals surface area contributed by atoms with Crippen LogP contribution in [-0.2, 0) is 0 Å². The second-order valence-electron chi connectivity index (χ2n) is 2.58. The summed E-state index contributed by atoms with van der Waals surface area (Å²) in [4.78, 5) is 3.84. The fourth-order valence-corrected chi connectivity index (χ4v) is 0.864. The summed E-state index contributed by atoms with van der Waals surface area (Å²) in [5.74, 6) is 0. The molecule has 0 bridgehead atoms. The van der Waals surface area contributed by atoms with Gasteiger partial charge in [-0.05, 0) is 24.6 Å². The van der Waals surface area contributed by atoms with Gasteiger partial charge in [-0.15, -0.1) is 0 Å². The van der Waals surface area contributed by atoms with Gasteiger partial charge < -0.3 is 10.8 Å². The van der Waals surface area contributed by atoms with E-state index in [1.165, 1.54) is 0 Å². The molecule has 3 nitrogen and oxygen atoms in total. The van der Waals surface area contributed by atoms with E-state index in [1.54, 1.807) is 31.5 Å². The summed E-state index contributed by atoms with van der Waals surface area (Å²) in [6, 6.07) is 3.28. The van der Waals surface area contributed by atoms with Crippen LogP contribution in [0.4, 0.5) is 0 Å². The molecule has 1 aromatic rings. The Labute approximate surface area is 65.9 Å². The summed E-state index contributed by atoms with van der Waals surface area (Å²) in [6.07, 6.45) is 2.69. The molecular formula is C8H12N2O. The summed E-state index contributed by atoms with van der Waals surface area (Å²) in [6.45, 7) is 1.77. The molecule has 3 N–H and O–H groups in total.